The summed E-state index contributed by atoms with van der Waals surface area (Å²) in [7, 11) is 1.65. The van der Waals surface area contributed by atoms with Gasteiger partial charge in [-0.2, -0.15) is 13.2 Å². The zero-order valence-electron chi connectivity index (χ0n) is 13.4. The monoisotopic (exact) mass is 362 g/mol. The van der Waals surface area contributed by atoms with Gasteiger partial charge >= 0.3 is 6.18 Å². The van der Waals surface area contributed by atoms with E-state index in [0.29, 0.717) is 17.0 Å². The lowest BCUT2D eigenvalue weighted by Gasteiger charge is -2.47. The van der Waals surface area contributed by atoms with Crippen LogP contribution in [0.4, 0.5) is 13.2 Å². The molecule has 2 N–H and O–H groups in total. The molecule has 3 aliphatic heterocycles. The Labute approximate surface area is 142 Å². The molecule has 3 fully saturated rings. The summed E-state index contributed by atoms with van der Waals surface area (Å²) in [4.78, 5) is 12.6. The van der Waals surface area contributed by atoms with Gasteiger partial charge in [0.1, 0.15) is 5.01 Å². The Morgan fingerprint density at radius 2 is 2.08 bits per heavy atom. The molecule has 10 heteroatoms. The van der Waals surface area contributed by atoms with Gasteiger partial charge in [-0.05, 0) is 0 Å². The van der Waals surface area contributed by atoms with Crippen LogP contribution in [0.1, 0.15) is 10.7 Å². The number of rotatable bonds is 4. The van der Waals surface area contributed by atoms with Gasteiger partial charge in [0.05, 0.1) is 6.54 Å². The average Bonchev–Trinajstić information content (AvgIpc) is 3.05. The number of piperazine rings is 3. The Kier molecular flexibility index (Phi) is 5.26. The van der Waals surface area contributed by atoms with Gasteiger partial charge < -0.3 is 10.6 Å². The third kappa shape index (κ3) is 4.17. The van der Waals surface area contributed by atoms with Crippen LogP contribution in [-0.4, -0.2) is 73.1 Å². The molecule has 2 bridgehead atoms. The molecule has 0 aliphatic carbocycles. The lowest BCUT2D eigenvalue weighted by molar-refractivity contribution is -0.140. The van der Waals surface area contributed by atoms with Gasteiger partial charge in [-0.25, -0.2) is 4.98 Å². The maximum absolute atomic E-state index is 12.5. The highest BCUT2D eigenvalue weighted by molar-refractivity contribution is 7.09. The number of guanidine groups is 1. The normalized spacial score (nSPS) is 27.3. The summed E-state index contributed by atoms with van der Waals surface area (Å²) >= 11 is 0.994. The van der Waals surface area contributed by atoms with Crippen LogP contribution in [-0.2, 0) is 12.7 Å². The molecule has 1 aromatic rings. The summed E-state index contributed by atoms with van der Waals surface area (Å²) < 4.78 is 37.6. The number of alkyl halides is 3. The molecule has 0 spiro atoms. The second-order valence-electron chi connectivity index (χ2n) is 5.92. The van der Waals surface area contributed by atoms with Crippen molar-refractivity contribution in [2.45, 2.75) is 18.8 Å². The summed E-state index contributed by atoms with van der Waals surface area (Å²) in [6.45, 7) is 6.49. The fraction of sp³-hybridized carbons (Fsp3) is 0.714. The molecule has 3 aliphatic rings. The first-order chi connectivity index (χ1) is 11.5. The zero-order valence-corrected chi connectivity index (χ0v) is 14.3. The molecule has 1 atom stereocenters. The molecule has 1 unspecified atom stereocenters. The molecular weight excluding hydrogens is 341 g/mol. The van der Waals surface area contributed by atoms with Crippen molar-refractivity contribution >= 4 is 17.3 Å². The second-order valence-corrected chi connectivity index (χ2v) is 6.86. The topological polar surface area (TPSA) is 55.8 Å². The predicted molar refractivity (Wildman–Crippen MR) is 87.1 cm³/mol. The molecule has 4 heterocycles. The molecular formula is C14H21F3N6S. The Morgan fingerprint density at radius 1 is 1.33 bits per heavy atom. The number of thiazole rings is 1. The molecule has 134 valence electrons. The minimum Gasteiger partial charge on any atom is -0.355 e. The summed E-state index contributed by atoms with van der Waals surface area (Å²) in [5.41, 5.74) is -0.840. The van der Waals surface area contributed by atoms with Gasteiger partial charge in [-0.15, -0.1) is 11.3 Å². The van der Waals surface area contributed by atoms with Crippen molar-refractivity contribution in [3.8, 4) is 0 Å². The number of aliphatic imine (C=N–C) groups is 1. The first-order valence-electron chi connectivity index (χ1n) is 7.88. The maximum Gasteiger partial charge on any atom is 0.434 e. The van der Waals surface area contributed by atoms with E-state index in [0.717, 1.165) is 56.0 Å². The van der Waals surface area contributed by atoms with Gasteiger partial charge in [0.2, 0.25) is 0 Å². The molecule has 0 saturated carbocycles. The number of nitrogens with one attached hydrogen (secondary N) is 2. The van der Waals surface area contributed by atoms with Gasteiger partial charge in [-0.1, -0.05) is 0 Å². The van der Waals surface area contributed by atoms with Crippen LogP contribution >= 0.6 is 11.3 Å². The van der Waals surface area contributed by atoms with Crippen LogP contribution in [0.15, 0.2) is 10.4 Å². The van der Waals surface area contributed by atoms with Crippen molar-refractivity contribution < 1.29 is 13.2 Å². The first kappa shape index (κ1) is 17.4. The number of hydrogen-bond acceptors (Lipinski definition) is 5. The molecule has 24 heavy (non-hydrogen) atoms. The van der Waals surface area contributed by atoms with E-state index in [1.165, 1.54) is 0 Å². The third-order valence-corrected chi connectivity index (χ3v) is 5.22. The van der Waals surface area contributed by atoms with E-state index in [9.17, 15) is 13.2 Å². The van der Waals surface area contributed by atoms with Crippen LogP contribution in [0.3, 0.4) is 0 Å². The van der Waals surface area contributed by atoms with E-state index in [1.807, 2.05) is 0 Å². The highest BCUT2D eigenvalue weighted by Crippen LogP contribution is 2.29. The van der Waals surface area contributed by atoms with Crippen molar-refractivity contribution in [1.82, 2.24) is 25.4 Å². The Hall–Kier alpha value is -1.39. The van der Waals surface area contributed by atoms with Crippen LogP contribution in [0.2, 0.25) is 0 Å². The van der Waals surface area contributed by atoms with E-state index < -0.39 is 11.9 Å². The van der Waals surface area contributed by atoms with Gasteiger partial charge in [-0.3, -0.25) is 14.8 Å². The third-order valence-electron chi connectivity index (χ3n) is 4.37. The summed E-state index contributed by atoms with van der Waals surface area (Å²) in [6.07, 6.45) is -4.39. The SMILES string of the molecule is CN=C(NCc1nc(C(F)(F)F)cs1)NCC1CN2CCN1CC2. The Bertz CT molecular complexity index is 579. The molecule has 4 rings (SSSR count). The quantitative estimate of drug-likeness (QED) is 0.614. The van der Waals surface area contributed by atoms with E-state index in [1.54, 1.807) is 7.05 Å². The van der Waals surface area contributed by atoms with Crippen LogP contribution in [0.5, 0.6) is 0 Å². The number of hydrogen-bond donors (Lipinski definition) is 2. The van der Waals surface area contributed by atoms with E-state index in [4.69, 9.17) is 0 Å². The summed E-state index contributed by atoms with van der Waals surface area (Å²) in [6, 6.07) is 0.447. The van der Waals surface area contributed by atoms with Crippen molar-refractivity contribution in [2.24, 2.45) is 4.99 Å². The van der Waals surface area contributed by atoms with Crippen LogP contribution < -0.4 is 10.6 Å². The maximum atomic E-state index is 12.5. The van der Waals surface area contributed by atoms with Crippen molar-refractivity contribution in [2.75, 3.05) is 46.3 Å². The fourth-order valence-corrected chi connectivity index (χ4v) is 3.78. The number of fused-ring (bicyclic) bond motifs is 3. The zero-order chi connectivity index (χ0) is 17.2. The average molecular weight is 362 g/mol. The number of halogens is 3. The van der Waals surface area contributed by atoms with Gasteiger partial charge in [0.25, 0.3) is 0 Å². The molecule has 3 saturated heterocycles. The van der Waals surface area contributed by atoms with Crippen LogP contribution in [0.25, 0.3) is 0 Å². The Balaban J connectivity index is 1.46. The van der Waals surface area contributed by atoms with Crippen LogP contribution in [0, 0.1) is 0 Å². The fourth-order valence-electron chi connectivity index (χ4n) is 3.03. The second kappa shape index (κ2) is 7.24. The largest absolute Gasteiger partial charge is 0.434 e. The summed E-state index contributed by atoms with van der Waals surface area (Å²) in [5, 5.41) is 7.70. The minimum atomic E-state index is -4.39. The molecule has 0 aromatic carbocycles. The Morgan fingerprint density at radius 3 is 2.62 bits per heavy atom. The minimum absolute atomic E-state index is 0.223. The summed E-state index contributed by atoms with van der Waals surface area (Å²) in [5.74, 6) is 0.580. The molecule has 0 amide bonds. The smallest absolute Gasteiger partial charge is 0.355 e. The molecule has 0 radical (unpaired) electrons. The lowest BCUT2D eigenvalue weighted by atomic mass is 10.1. The van der Waals surface area contributed by atoms with Gasteiger partial charge in [0.15, 0.2) is 11.7 Å². The number of aromatic nitrogens is 1. The van der Waals surface area contributed by atoms with E-state index in [-0.39, 0.29) is 6.54 Å². The van der Waals surface area contributed by atoms with Crippen molar-refractivity contribution in [3.63, 3.8) is 0 Å². The highest BCUT2D eigenvalue weighted by Gasteiger charge is 2.34. The highest BCUT2D eigenvalue weighted by atomic mass is 32.1. The number of nitrogens with zero attached hydrogens (tertiary/aromatic N) is 4. The molecule has 6 nitrogen and oxygen atoms in total. The van der Waals surface area contributed by atoms with Crippen molar-refractivity contribution in [3.05, 3.63) is 16.1 Å². The first-order valence-corrected chi connectivity index (χ1v) is 8.76. The lowest BCUT2D eigenvalue weighted by Crippen LogP contribution is -2.63. The van der Waals surface area contributed by atoms with Crippen molar-refractivity contribution in [1.29, 1.82) is 0 Å². The predicted octanol–water partition coefficient (Wildman–Crippen LogP) is 0.827. The standard InChI is InChI=1S/C14H21F3N6S/c1-18-13(19-6-10-8-22-2-4-23(10)5-3-22)20-7-12-21-11(9-24-12)14(15,16)17/h9-10H,2-8H2,1H3,(H2,18,19,20). The van der Waals surface area contributed by atoms with Gasteiger partial charge in [0, 0.05) is 57.7 Å². The van der Waals surface area contributed by atoms with E-state index in [2.05, 4.69) is 30.4 Å². The molecule has 1 aromatic heterocycles. The van der Waals surface area contributed by atoms with E-state index >= 15 is 0 Å².